The largest absolute Gasteiger partial charge is 0.478 e. The Morgan fingerprint density at radius 3 is 2.85 bits per heavy atom. The fraction of sp³-hybridized carbons (Fsp3) is 0.100. The highest BCUT2D eigenvalue weighted by molar-refractivity contribution is 7.99. The highest BCUT2D eigenvalue weighted by Gasteiger charge is 2.16. The Labute approximate surface area is 114 Å². The van der Waals surface area contributed by atoms with Crippen LogP contribution < -0.4 is 11.1 Å². The molecule has 0 radical (unpaired) electrons. The van der Waals surface area contributed by atoms with Gasteiger partial charge in [-0.2, -0.15) is 4.98 Å². The zero-order valence-electron chi connectivity index (χ0n) is 9.95. The molecule has 8 nitrogen and oxygen atoms in total. The molecule has 2 aromatic heterocycles. The fourth-order valence-corrected chi connectivity index (χ4v) is 2.15. The number of aromatic nitrogens is 4. The van der Waals surface area contributed by atoms with Gasteiger partial charge in [0.25, 0.3) is 0 Å². The van der Waals surface area contributed by atoms with Crippen molar-refractivity contribution < 1.29 is 14.3 Å². The van der Waals surface area contributed by atoms with Crippen LogP contribution in [-0.4, -0.2) is 30.8 Å². The minimum Gasteiger partial charge on any atom is -0.478 e. The monoisotopic (exact) mass is 298 g/mol. The van der Waals surface area contributed by atoms with Gasteiger partial charge in [-0.25, -0.2) is 14.2 Å². The first-order chi connectivity index (χ1) is 9.38. The third kappa shape index (κ3) is 2.74. The summed E-state index contributed by atoms with van der Waals surface area (Å²) in [5.74, 6) is -2.16. The maximum absolute atomic E-state index is 13.0. The molecule has 0 aromatic carbocycles. The Morgan fingerprint density at radius 2 is 2.20 bits per heavy atom. The van der Waals surface area contributed by atoms with Gasteiger partial charge in [0.2, 0.25) is 0 Å². The van der Waals surface area contributed by atoms with Gasteiger partial charge in [0, 0.05) is 7.05 Å². The van der Waals surface area contributed by atoms with E-state index in [1.54, 1.807) is 0 Å². The number of nitrogens with one attached hydrogen (secondary N) is 1. The van der Waals surface area contributed by atoms with Crippen molar-refractivity contribution >= 4 is 17.7 Å². The number of nitrogens with zero attached hydrogens (tertiary/aromatic N) is 3. The molecule has 0 aliphatic heterocycles. The summed E-state index contributed by atoms with van der Waals surface area (Å²) in [6.45, 7) is 0. The zero-order valence-corrected chi connectivity index (χ0v) is 10.8. The second-order valence-electron chi connectivity index (χ2n) is 3.61. The van der Waals surface area contributed by atoms with Crippen molar-refractivity contribution in [2.75, 3.05) is 0 Å². The molecular formula is C10H7FN4O4S. The molecule has 2 aromatic rings. The number of aryl methyl sites for hydroxylation is 1. The molecule has 0 spiro atoms. The van der Waals surface area contributed by atoms with Crippen molar-refractivity contribution in [2.24, 2.45) is 7.05 Å². The van der Waals surface area contributed by atoms with E-state index in [0.717, 1.165) is 28.7 Å². The van der Waals surface area contributed by atoms with E-state index in [0.29, 0.717) is 0 Å². The van der Waals surface area contributed by atoms with Gasteiger partial charge in [-0.05, 0) is 17.8 Å². The third-order valence-corrected chi connectivity index (χ3v) is 3.25. The molecule has 0 aliphatic rings. The lowest BCUT2D eigenvalue weighted by Crippen LogP contribution is -2.33. The van der Waals surface area contributed by atoms with Crippen LogP contribution in [0, 0.1) is 5.82 Å². The lowest BCUT2D eigenvalue weighted by molar-refractivity contribution is 0.0691. The van der Waals surface area contributed by atoms with E-state index >= 15 is 0 Å². The molecule has 0 saturated carbocycles. The Balaban J connectivity index is 2.50. The van der Waals surface area contributed by atoms with E-state index < -0.39 is 22.9 Å². The van der Waals surface area contributed by atoms with Crippen LogP contribution in [0.1, 0.15) is 10.4 Å². The second-order valence-corrected chi connectivity index (χ2v) is 4.57. The van der Waals surface area contributed by atoms with Gasteiger partial charge >= 0.3 is 17.1 Å². The number of pyridine rings is 1. The number of rotatable bonds is 3. The third-order valence-electron chi connectivity index (χ3n) is 2.18. The lowest BCUT2D eigenvalue weighted by atomic mass is 10.3. The van der Waals surface area contributed by atoms with Crippen LogP contribution >= 0.6 is 11.8 Å². The number of H-pyrrole nitrogens is 1. The van der Waals surface area contributed by atoms with E-state index in [1.165, 1.54) is 7.05 Å². The van der Waals surface area contributed by atoms with E-state index in [-0.39, 0.29) is 15.7 Å². The summed E-state index contributed by atoms with van der Waals surface area (Å²) in [6.07, 6.45) is 0.846. The highest BCUT2D eigenvalue weighted by atomic mass is 32.2. The molecule has 2 heterocycles. The first-order valence-corrected chi connectivity index (χ1v) is 5.94. The van der Waals surface area contributed by atoms with Crippen LogP contribution in [0.25, 0.3) is 0 Å². The van der Waals surface area contributed by atoms with Crippen molar-refractivity contribution in [3.8, 4) is 0 Å². The van der Waals surface area contributed by atoms with Crippen molar-refractivity contribution in [3.05, 3.63) is 44.4 Å². The molecule has 10 heteroatoms. The van der Waals surface area contributed by atoms with E-state index in [1.807, 2.05) is 0 Å². The predicted molar refractivity (Wildman–Crippen MR) is 65.4 cm³/mol. The Bertz CT molecular complexity index is 801. The second kappa shape index (κ2) is 5.25. The molecule has 2 rings (SSSR count). The van der Waals surface area contributed by atoms with Gasteiger partial charge in [0.15, 0.2) is 5.16 Å². The summed E-state index contributed by atoms with van der Waals surface area (Å²) in [7, 11) is 1.42. The van der Waals surface area contributed by atoms with Crippen LogP contribution in [0.2, 0.25) is 0 Å². The summed E-state index contributed by atoms with van der Waals surface area (Å²) in [5.41, 5.74) is -2.28. The molecule has 0 atom stereocenters. The number of hydrogen-bond acceptors (Lipinski definition) is 6. The van der Waals surface area contributed by atoms with E-state index in [9.17, 15) is 18.8 Å². The van der Waals surface area contributed by atoms with Gasteiger partial charge in [-0.1, -0.05) is 0 Å². The molecule has 0 saturated heterocycles. The molecule has 0 unspecified atom stereocenters. The number of hydrogen-bond donors (Lipinski definition) is 2. The Kier molecular flexibility index (Phi) is 3.66. The average molecular weight is 298 g/mol. The number of halogens is 1. The number of carboxylic acid groups (broad SMARTS) is 1. The van der Waals surface area contributed by atoms with Crippen molar-refractivity contribution in [3.63, 3.8) is 0 Å². The molecule has 2 N–H and O–H groups in total. The summed E-state index contributed by atoms with van der Waals surface area (Å²) < 4.78 is 14.1. The highest BCUT2D eigenvalue weighted by Crippen LogP contribution is 2.26. The van der Waals surface area contributed by atoms with Crippen LogP contribution in [0.4, 0.5) is 4.39 Å². The van der Waals surface area contributed by atoms with Gasteiger partial charge in [-0.15, -0.1) is 0 Å². The molecule has 0 aliphatic carbocycles. The molecule has 20 heavy (non-hydrogen) atoms. The normalized spacial score (nSPS) is 10.5. The topological polar surface area (TPSA) is 118 Å². The molecular weight excluding hydrogens is 291 g/mol. The maximum Gasteiger partial charge on any atom is 0.339 e. The number of carbonyl (C=O) groups is 1. The molecule has 104 valence electrons. The number of carboxylic acids is 1. The van der Waals surface area contributed by atoms with Crippen LogP contribution in [0.3, 0.4) is 0 Å². The first-order valence-electron chi connectivity index (χ1n) is 5.12. The van der Waals surface area contributed by atoms with E-state index in [4.69, 9.17) is 5.11 Å². The van der Waals surface area contributed by atoms with Crippen LogP contribution in [0.5, 0.6) is 0 Å². The minimum atomic E-state index is -1.37. The van der Waals surface area contributed by atoms with Crippen molar-refractivity contribution in [2.45, 2.75) is 10.2 Å². The van der Waals surface area contributed by atoms with Crippen LogP contribution in [-0.2, 0) is 7.05 Å². The maximum atomic E-state index is 13.0. The minimum absolute atomic E-state index is 0.0243. The van der Waals surface area contributed by atoms with Gasteiger partial charge in [0.05, 0.1) is 11.8 Å². The standard InChI is InChI=1S/C10H7FN4O4S/c1-15-10(13-6(16)7(17)14-15)20-8-5(9(18)19)2-4(11)3-12-8/h2-3H,1H3,(H,14,17)(H,18,19). The Hall–Kier alpha value is -2.49. The van der Waals surface area contributed by atoms with Gasteiger partial charge in [0.1, 0.15) is 10.8 Å². The van der Waals surface area contributed by atoms with Crippen LogP contribution in [0.15, 0.2) is 32.0 Å². The predicted octanol–water partition coefficient (Wildman–Crippen LogP) is -0.148. The fourth-order valence-electron chi connectivity index (χ4n) is 1.30. The lowest BCUT2D eigenvalue weighted by Gasteiger charge is -2.07. The first kappa shape index (κ1) is 13.9. The molecule has 0 bridgehead atoms. The quantitative estimate of drug-likeness (QED) is 0.756. The van der Waals surface area contributed by atoms with E-state index in [2.05, 4.69) is 15.1 Å². The number of aromatic amines is 1. The number of aromatic carboxylic acids is 1. The summed E-state index contributed by atoms with van der Waals surface area (Å²) in [5, 5.41) is 11.1. The average Bonchev–Trinajstić information content (AvgIpc) is 2.37. The van der Waals surface area contributed by atoms with Gasteiger partial charge in [-0.3, -0.25) is 19.4 Å². The smallest absolute Gasteiger partial charge is 0.339 e. The SMILES string of the molecule is Cn1[nH]c(=O)c(=O)nc1Sc1ncc(F)cc1C(=O)O. The van der Waals surface area contributed by atoms with Crippen molar-refractivity contribution in [1.82, 2.24) is 19.7 Å². The summed E-state index contributed by atoms with van der Waals surface area (Å²) in [4.78, 5) is 40.4. The van der Waals surface area contributed by atoms with Crippen molar-refractivity contribution in [1.29, 1.82) is 0 Å². The summed E-state index contributed by atoms with van der Waals surface area (Å²) in [6, 6.07) is 0.807. The summed E-state index contributed by atoms with van der Waals surface area (Å²) >= 11 is 0.724. The molecule has 0 fully saturated rings. The molecule has 0 amide bonds. The Morgan fingerprint density at radius 1 is 1.50 bits per heavy atom. The zero-order chi connectivity index (χ0) is 14.9. The van der Waals surface area contributed by atoms with Gasteiger partial charge < -0.3 is 5.11 Å².